The van der Waals surface area contributed by atoms with Crippen molar-refractivity contribution in [3.63, 3.8) is 0 Å². The van der Waals surface area contributed by atoms with Crippen LogP contribution in [0.3, 0.4) is 0 Å². The fourth-order valence-corrected chi connectivity index (χ4v) is 2.94. The number of ether oxygens (including phenoxy) is 2. The minimum Gasteiger partial charge on any atom is -0.455 e. The van der Waals surface area contributed by atoms with Gasteiger partial charge in [-0.25, -0.2) is 9.59 Å². The van der Waals surface area contributed by atoms with Gasteiger partial charge < -0.3 is 9.47 Å². The SMILES string of the molecule is O=C(OC1C=CCCC1)c1cccc(C(=O)OC2C=CCCC2)c1. The summed E-state index contributed by atoms with van der Waals surface area (Å²) >= 11 is 0. The Kier molecular flexibility index (Phi) is 5.47. The number of hydrogen-bond donors (Lipinski definition) is 0. The second kappa shape index (κ2) is 7.95. The summed E-state index contributed by atoms with van der Waals surface area (Å²) in [5.74, 6) is -0.808. The molecule has 0 spiro atoms. The third kappa shape index (κ3) is 4.34. The van der Waals surface area contributed by atoms with Gasteiger partial charge in [0.1, 0.15) is 12.2 Å². The average molecular weight is 326 g/mol. The molecule has 0 amide bonds. The Labute approximate surface area is 142 Å². The van der Waals surface area contributed by atoms with Crippen LogP contribution in [0.15, 0.2) is 48.6 Å². The summed E-state index contributed by atoms with van der Waals surface area (Å²) in [5, 5.41) is 0. The van der Waals surface area contributed by atoms with Gasteiger partial charge in [-0.3, -0.25) is 0 Å². The van der Waals surface area contributed by atoms with E-state index in [1.807, 2.05) is 24.3 Å². The van der Waals surface area contributed by atoms with E-state index in [-0.39, 0.29) is 12.2 Å². The monoisotopic (exact) mass is 326 g/mol. The van der Waals surface area contributed by atoms with E-state index in [1.54, 1.807) is 24.3 Å². The molecule has 2 aliphatic rings. The van der Waals surface area contributed by atoms with Gasteiger partial charge in [-0.1, -0.05) is 18.2 Å². The minimum absolute atomic E-state index is 0.172. The molecule has 3 rings (SSSR count). The largest absolute Gasteiger partial charge is 0.455 e. The lowest BCUT2D eigenvalue weighted by molar-refractivity contribution is 0.0369. The van der Waals surface area contributed by atoms with Crippen molar-refractivity contribution in [2.24, 2.45) is 0 Å². The predicted molar refractivity (Wildman–Crippen MR) is 90.8 cm³/mol. The van der Waals surface area contributed by atoms with Crippen LogP contribution >= 0.6 is 0 Å². The van der Waals surface area contributed by atoms with Crippen LogP contribution in [0.2, 0.25) is 0 Å². The molecule has 0 heterocycles. The Morgan fingerprint density at radius 3 is 1.75 bits per heavy atom. The molecule has 24 heavy (non-hydrogen) atoms. The average Bonchev–Trinajstić information content (AvgIpc) is 2.63. The third-order valence-electron chi connectivity index (χ3n) is 4.27. The highest BCUT2D eigenvalue weighted by Gasteiger charge is 2.19. The molecular weight excluding hydrogens is 304 g/mol. The van der Waals surface area contributed by atoms with E-state index >= 15 is 0 Å². The van der Waals surface area contributed by atoms with Crippen molar-refractivity contribution in [2.45, 2.75) is 50.7 Å². The topological polar surface area (TPSA) is 52.6 Å². The first-order chi connectivity index (χ1) is 11.7. The van der Waals surface area contributed by atoms with Crippen molar-refractivity contribution in [1.82, 2.24) is 0 Å². The number of esters is 2. The molecule has 126 valence electrons. The smallest absolute Gasteiger partial charge is 0.338 e. The van der Waals surface area contributed by atoms with Crippen LogP contribution in [0.4, 0.5) is 0 Å². The Hall–Kier alpha value is -2.36. The molecule has 2 atom stereocenters. The van der Waals surface area contributed by atoms with Crippen molar-refractivity contribution >= 4 is 11.9 Å². The maximum atomic E-state index is 12.3. The lowest BCUT2D eigenvalue weighted by Crippen LogP contribution is -2.19. The summed E-state index contributed by atoms with van der Waals surface area (Å²) in [6.45, 7) is 0. The predicted octanol–water partition coefficient (Wildman–Crippen LogP) is 4.22. The summed E-state index contributed by atoms with van der Waals surface area (Å²) in [6.07, 6.45) is 13.4. The number of benzene rings is 1. The molecule has 2 aliphatic carbocycles. The van der Waals surface area contributed by atoms with Gasteiger partial charge in [0.25, 0.3) is 0 Å². The molecular formula is C20H22O4. The number of carbonyl (C=O) groups excluding carboxylic acids is 2. The molecule has 4 nitrogen and oxygen atoms in total. The molecule has 0 radical (unpaired) electrons. The summed E-state index contributed by atoms with van der Waals surface area (Å²) in [4.78, 5) is 24.5. The molecule has 4 heteroatoms. The maximum absolute atomic E-state index is 12.3. The molecule has 0 saturated carbocycles. The first-order valence-corrected chi connectivity index (χ1v) is 8.58. The van der Waals surface area contributed by atoms with Crippen molar-refractivity contribution in [3.05, 3.63) is 59.7 Å². The number of hydrogen-bond acceptors (Lipinski definition) is 4. The molecule has 0 saturated heterocycles. The zero-order valence-corrected chi connectivity index (χ0v) is 13.6. The normalized spacial score (nSPS) is 22.8. The quantitative estimate of drug-likeness (QED) is 0.614. The molecule has 0 N–H and O–H groups in total. The summed E-state index contributed by atoms with van der Waals surface area (Å²) in [7, 11) is 0. The highest BCUT2D eigenvalue weighted by Crippen LogP contribution is 2.18. The first-order valence-electron chi connectivity index (χ1n) is 8.58. The van der Waals surface area contributed by atoms with Crippen LogP contribution in [0.5, 0.6) is 0 Å². The highest BCUT2D eigenvalue weighted by atomic mass is 16.5. The maximum Gasteiger partial charge on any atom is 0.338 e. The van der Waals surface area contributed by atoms with Crippen molar-refractivity contribution in [1.29, 1.82) is 0 Å². The summed E-state index contributed by atoms with van der Waals surface area (Å²) in [5.41, 5.74) is 0.755. The van der Waals surface area contributed by atoms with Crippen LogP contribution in [0.25, 0.3) is 0 Å². The second-order valence-corrected chi connectivity index (χ2v) is 6.19. The van der Waals surface area contributed by atoms with Gasteiger partial charge >= 0.3 is 11.9 Å². The van der Waals surface area contributed by atoms with E-state index in [1.165, 1.54) is 0 Å². The van der Waals surface area contributed by atoms with Gasteiger partial charge in [0.2, 0.25) is 0 Å². The van der Waals surface area contributed by atoms with Gasteiger partial charge in [0.15, 0.2) is 0 Å². The third-order valence-corrected chi connectivity index (χ3v) is 4.27. The van der Waals surface area contributed by atoms with Crippen LogP contribution in [0, 0.1) is 0 Å². The van der Waals surface area contributed by atoms with E-state index < -0.39 is 11.9 Å². The van der Waals surface area contributed by atoms with Crippen LogP contribution in [0.1, 0.15) is 59.2 Å². The standard InChI is InChI=1S/C20H22O4/c21-19(23-17-10-3-1-4-11-17)15-8-7-9-16(14-15)20(22)24-18-12-5-2-6-13-18/h3,5,7-10,12,14,17-18H,1-2,4,6,11,13H2. The summed E-state index contributed by atoms with van der Waals surface area (Å²) in [6, 6.07) is 6.54. The van der Waals surface area contributed by atoms with E-state index in [9.17, 15) is 9.59 Å². The highest BCUT2D eigenvalue weighted by molar-refractivity contribution is 5.95. The van der Waals surface area contributed by atoms with E-state index in [4.69, 9.17) is 9.47 Å². The fourth-order valence-electron chi connectivity index (χ4n) is 2.94. The van der Waals surface area contributed by atoms with Crippen molar-refractivity contribution in [3.8, 4) is 0 Å². The van der Waals surface area contributed by atoms with Gasteiger partial charge in [-0.05, 0) is 68.9 Å². The lowest BCUT2D eigenvalue weighted by atomic mass is 10.0. The number of carbonyl (C=O) groups is 2. The molecule has 1 aromatic rings. The Bertz CT molecular complexity index is 606. The molecule has 0 aliphatic heterocycles. The van der Waals surface area contributed by atoms with Crippen LogP contribution < -0.4 is 0 Å². The second-order valence-electron chi connectivity index (χ2n) is 6.19. The molecule has 1 aromatic carbocycles. The fraction of sp³-hybridized carbons (Fsp3) is 0.400. The molecule has 0 aromatic heterocycles. The van der Waals surface area contributed by atoms with Crippen molar-refractivity contribution < 1.29 is 19.1 Å². The van der Waals surface area contributed by atoms with Crippen molar-refractivity contribution in [2.75, 3.05) is 0 Å². The van der Waals surface area contributed by atoms with E-state index in [2.05, 4.69) is 0 Å². The zero-order chi connectivity index (χ0) is 16.8. The van der Waals surface area contributed by atoms with E-state index in [0.29, 0.717) is 11.1 Å². The number of allylic oxidation sites excluding steroid dienone is 2. The Morgan fingerprint density at radius 1 is 0.833 bits per heavy atom. The molecule has 0 bridgehead atoms. The van der Waals surface area contributed by atoms with Gasteiger partial charge in [-0.15, -0.1) is 0 Å². The first kappa shape index (κ1) is 16.5. The van der Waals surface area contributed by atoms with Crippen LogP contribution in [-0.4, -0.2) is 24.1 Å². The van der Waals surface area contributed by atoms with Gasteiger partial charge in [0, 0.05) is 0 Å². The van der Waals surface area contributed by atoms with Gasteiger partial charge in [0.05, 0.1) is 11.1 Å². The Balaban J connectivity index is 1.64. The molecule has 2 unspecified atom stereocenters. The molecule has 0 fully saturated rings. The minimum atomic E-state index is -0.404. The number of rotatable bonds is 4. The lowest BCUT2D eigenvalue weighted by Gasteiger charge is -2.18. The Morgan fingerprint density at radius 2 is 1.33 bits per heavy atom. The van der Waals surface area contributed by atoms with E-state index in [0.717, 1.165) is 38.5 Å². The van der Waals surface area contributed by atoms with Gasteiger partial charge in [-0.2, -0.15) is 0 Å². The summed E-state index contributed by atoms with van der Waals surface area (Å²) < 4.78 is 10.9. The zero-order valence-electron chi connectivity index (χ0n) is 13.6. The van der Waals surface area contributed by atoms with Crippen LogP contribution in [-0.2, 0) is 9.47 Å².